The predicted octanol–water partition coefficient (Wildman–Crippen LogP) is 1.60. The van der Waals surface area contributed by atoms with Crippen LogP contribution in [0.1, 0.15) is 40.2 Å². The third-order valence-electron chi connectivity index (χ3n) is 3.73. The van der Waals surface area contributed by atoms with Gasteiger partial charge in [-0.1, -0.05) is 52.0 Å². The zero-order chi connectivity index (χ0) is 16.5. The SMILES string of the molecule is CC(C)Cc1ccc2cccc(S(=O)(=O)O)c2c1CC(C)C.[H-].[Na+]. The van der Waals surface area contributed by atoms with Crippen molar-refractivity contribution in [3.63, 3.8) is 0 Å². The first-order valence-electron chi connectivity index (χ1n) is 7.71. The largest absolute Gasteiger partial charge is 1.00 e. The first-order chi connectivity index (χ1) is 10.2. The van der Waals surface area contributed by atoms with E-state index in [9.17, 15) is 13.0 Å². The molecule has 0 saturated carbocycles. The molecular formula is C18H25NaO3S. The second kappa shape index (κ2) is 8.13. The van der Waals surface area contributed by atoms with Crippen LogP contribution in [-0.2, 0) is 23.0 Å². The maximum atomic E-state index is 11.8. The van der Waals surface area contributed by atoms with Gasteiger partial charge in [-0.2, -0.15) is 8.42 Å². The standard InChI is InChI=1S/C18H24O3S.Na.H/c1-12(2)10-15-9-8-14-6-5-7-17(22(19,20)21)18(14)16(15)11-13(3)4;;/h5-9,12-13H,10-11H2,1-4H3,(H,19,20,21);;/q;+1;-1. The fraction of sp³-hybridized carbons (Fsp3) is 0.444. The van der Waals surface area contributed by atoms with E-state index in [-0.39, 0.29) is 35.9 Å². The molecular weight excluding hydrogens is 319 g/mol. The zero-order valence-electron chi connectivity index (χ0n) is 15.6. The number of hydrogen-bond acceptors (Lipinski definition) is 2. The molecule has 1 N–H and O–H groups in total. The Morgan fingerprint density at radius 3 is 2.13 bits per heavy atom. The van der Waals surface area contributed by atoms with Crippen molar-refractivity contribution in [3.8, 4) is 0 Å². The van der Waals surface area contributed by atoms with Gasteiger partial charge in [-0.15, -0.1) is 0 Å². The van der Waals surface area contributed by atoms with Crippen LogP contribution in [-0.4, -0.2) is 13.0 Å². The summed E-state index contributed by atoms with van der Waals surface area (Å²) in [7, 11) is -4.23. The molecule has 5 heteroatoms. The summed E-state index contributed by atoms with van der Waals surface area (Å²) in [6.07, 6.45) is 1.70. The molecule has 0 radical (unpaired) electrons. The van der Waals surface area contributed by atoms with Gasteiger partial charge >= 0.3 is 29.6 Å². The predicted molar refractivity (Wildman–Crippen MR) is 92.0 cm³/mol. The summed E-state index contributed by atoms with van der Waals surface area (Å²) in [5, 5.41) is 1.54. The topological polar surface area (TPSA) is 54.4 Å². The van der Waals surface area contributed by atoms with Gasteiger partial charge in [0.05, 0.1) is 0 Å². The van der Waals surface area contributed by atoms with Gasteiger partial charge in [0.25, 0.3) is 10.1 Å². The van der Waals surface area contributed by atoms with Crippen LogP contribution in [0.4, 0.5) is 0 Å². The number of rotatable bonds is 5. The molecule has 0 aliphatic heterocycles. The van der Waals surface area contributed by atoms with E-state index in [1.165, 1.54) is 11.6 Å². The van der Waals surface area contributed by atoms with E-state index in [2.05, 4.69) is 33.8 Å². The molecule has 0 heterocycles. The van der Waals surface area contributed by atoms with Gasteiger partial charge in [0.2, 0.25) is 0 Å². The van der Waals surface area contributed by atoms with Crippen molar-refractivity contribution in [3.05, 3.63) is 41.5 Å². The summed E-state index contributed by atoms with van der Waals surface area (Å²) in [6.45, 7) is 8.54. The summed E-state index contributed by atoms with van der Waals surface area (Å²) < 4.78 is 33.1. The van der Waals surface area contributed by atoms with Crippen LogP contribution >= 0.6 is 0 Å². The van der Waals surface area contributed by atoms with Crippen molar-refractivity contribution in [2.75, 3.05) is 0 Å². The molecule has 0 saturated heterocycles. The summed E-state index contributed by atoms with van der Waals surface area (Å²) in [6, 6.07) is 9.10. The minimum absolute atomic E-state index is 0. The maximum Gasteiger partial charge on any atom is 1.00 e. The number of hydrogen-bond donors (Lipinski definition) is 1. The summed E-state index contributed by atoms with van der Waals surface area (Å²) in [5.41, 5.74) is 2.22. The maximum absolute atomic E-state index is 11.8. The van der Waals surface area contributed by atoms with Crippen LogP contribution < -0.4 is 29.6 Å². The average Bonchev–Trinajstić information content (AvgIpc) is 2.38. The van der Waals surface area contributed by atoms with E-state index in [1.54, 1.807) is 6.07 Å². The van der Waals surface area contributed by atoms with E-state index >= 15 is 0 Å². The van der Waals surface area contributed by atoms with E-state index < -0.39 is 10.1 Å². The van der Waals surface area contributed by atoms with Gasteiger partial charge in [0.15, 0.2) is 0 Å². The van der Waals surface area contributed by atoms with Crippen molar-refractivity contribution in [2.45, 2.75) is 45.4 Å². The quantitative estimate of drug-likeness (QED) is 0.662. The zero-order valence-corrected chi connectivity index (χ0v) is 17.4. The smallest absolute Gasteiger partial charge is 1.00 e. The van der Waals surface area contributed by atoms with Crippen LogP contribution in [0.25, 0.3) is 10.8 Å². The van der Waals surface area contributed by atoms with Crippen LogP contribution in [0.3, 0.4) is 0 Å². The molecule has 0 atom stereocenters. The molecule has 2 rings (SSSR count). The molecule has 0 aromatic heterocycles. The Balaban J connectivity index is 0.00000264. The minimum atomic E-state index is -4.23. The summed E-state index contributed by atoms with van der Waals surface area (Å²) >= 11 is 0. The fourth-order valence-electron chi connectivity index (χ4n) is 2.95. The van der Waals surface area contributed by atoms with Gasteiger partial charge in [0.1, 0.15) is 4.90 Å². The Bertz CT molecular complexity index is 786. The van der Waals surface area contributed by atoms with Crippen LogP contribution in [0.2, 0.25) is 0 Å². The van der Waals surface area contributed by atoms with E-state index in [0.29, 0.717) is 17.2 Å². The monoisotopic (exact) mass is 344 g/mol. The molecule has 2 aromatic carbocycles. The molecule has 2 aromatic rings. The van der Waals surface area contributed by atoms with Gasteiger partial charge in [-0.05, 0) is 47.3 Å². The van der Waals surface area contributed by atoms with Crippen molar-refractivity contribution in [1.82, 2.24) is 0 Å². The first-order valence-corrected chi connectivity index (χ1v) is 9.15. The Morgan fingerprint density at radius 2 is 1.61 bits per heavy atom. The Hall–Kier alpha value is -0.390. The minimum Gasteiger partial charge on any atom is -1.00 e. The molecule has 0 fully saturated rings. The second-order valence-electron chi connectivity index (χ2n) is 6.73. The fourth-order valence-corrected chi connectivity index (χ4v) is 3.70. The van der Waals surface area contributed by atoms with Gasteiger partial charge < -0.3 is 1.43 Å². The van der Waals surface area contributed by atoms with Crippen molar-refractivity contribution in [2.24, 2.45) is 11.8 Å². The van der Waals surface area contributed by atoms with Gasteiger partial charge in [0, 0.05) is 5.39 Å². The van der Waals surface area contributed by atoms with E-state index in [4.69, 9.17) is 0 Å². The van der Waals surface area contributed by atoms with Crippen molar-refractivity contribution in [1.29, 1.82) is 0 Å². The molecule has 0 aliphatic rings. The summed E-state index contributed by atoms with van der Waals surface area (Å²) in [4.78, 5) is 0.0197. The van der Waals surface area contributed by atoms with E-state index in [1.807, 2.05) is 12.1 Å². The number of benzene rings is 2. The average molecular weight is 344 g/mol. The normalized spacial score (nSPS) is 12.0. The molecule has 122 valence electrons. The molecule has 3 nitrogen and oxygen atoms in total. The molecule has 0 unspecified atom stereocenters. The third kappa shape index (κ3) is 5.04. The second-order valence-corrected chi connectivity index (χ2v) is 8.12. The van der Waals surface area contributed by atoms with Crippen molar-refractivity contribution >= 4 is 20.9 Å². The molecule has 0 spiro atoms. The van der Waals surface area contributed by atoms with Gasteiger partial charge in [-0.3, -0.25) is 4.55 Å². The Labute approximate surface area is 163 Å². The van der Waals surface area contributed by atoms with Crippen molar-refractivity contribution < 1.29 is 44.0 Å². The van der Waals surface area contributed by atoms with Crippen LogP contribution in [0, 0.1) is 11.8 Å². The summed E-state index contributed by atoms with van der Waals surface area (Å²) in [5.74, 6) is 0.896. The van der Waals surface area contributed by atoms with Crippen LogP contribution in [0.5, 0.6) is 0 Å². The van der Waals surface area contributed by atoms with E-state index in [0.717, 1.165) is 23.8 Å². The molecule has 0 aliphatic carbocycles. The third-order valence-corrected chi connectivity index (χ3v) is 4.63. The molecule has 0 bridgehead atoms. The Morgan fingerprint density at radius 1 is 1.00 bits per heavy atom. The van der Waals surface area contributed by atoms with Gasteiger partial charge in [-0.25, -0.2) is 0 Å². The van der Waals surface area contributed by atoms with Crippen LogP contribution in [0.15, 0.2) is 35.2 Å². The first kappa shape index (κ1) is 20.7. The number of fused-ring (bicyclic) bond motifs is 1. The molecule has 0 amide bonds. The molecule has 23 heavy (non-hydrogen) atoms. The Kier molecular flexibility index (Phi) is 7.30.